The van der Waals surface area contributed by atoms with Crippen LogP contribution in [-0.2, 0) is 4.79 Å². The van der Waals surface area contributed by atoms with Gasteiger partial charge in [-0.2, -0.15) is 0 Å². The Bertz CT molecular complexity index is 875. The van der Waals surface area contributed by atoms with E-state index in [1.54, 1.807) is 11.3 Å². The second-order valence-electron chi connectivity index (χ2n) is 6.98. The second-order valence-corrected chi connectivity index (χ2v) is 7.96. The maximum Gasteiger partial charge on any atom is 0.275 e. The first-order valence-corrected chi connectivity index (χ1v) is 10.2. The van der Waals surface area contributed by atoms with Gasteiger partial charge in [0, 0.05) is 5.56 Å². The number of rotatable bonds is 7. The number of carbonyl (C=O) groups is 1. The van der Waals surface area contributed by atoms with Crippen LogP contribution in [0.25, 0.3) is 0 Å². The highest BCUT2D eigenvalue weighted by molar-refractivity contribution is 7.10. The van der Waals surface area contributed by atoms with Gasteiger partial charge in [0.15, 0.2) is 6.54 Å². The first kappa shape index (κ1) is 19.3. The Hall–Kier alpha value is -2.43. The summed E-state index contributed by atoms with van der Waals surface area (Å²) in [6, 6.07) is 21.1. The molecule has 3 aromatic rings. The number of thiophene rings is 1. The van der Waals surface area contributed by atoms with Crippen molar-refractivity contribution in [1.82, 2.24) is 5.32 Å². The first-order chi connectivity index (χ1) is 13.0. The van der Waals surface area contributed by atoms with Gasteiger partial charge in [0.2, 0.25) is 0 Å². The quantitative estimate of drug-likeness (QED) is 0.643. The third-order valence-electron chi connectivity index (χ3n) is 4.96. The minimum atomic E-state index is 0.00196. The number of aryl methyl sites for hydroxylation is 2. The van der Waals surface area contributed by atoms with Crippen molar-refractivity contribution < 1.29 is 10.1 Å². The number of hydrogen-bond donors (Lipinski definition) is 2. The van der Waals surface area contributed by atoms with Crippen LogP contribution in [0.5, 0.6) is 0 Å². The SMILES string of the molecule is Cc1ccc([C@@H](C)NC(=O)C[NH2+][C@@H](c2ccccc2)c2cccs2)cc1C. The van der Waals surface area contributed by atoms with Gasteiger partial charge in [-0.15, -0.1) is 11.3 Å². The zero-order valence-electron chi connectivity index (χ0n) is 16.1. The molecule has 1 aromatic heterocycles. The Morgan fingerprint density at radius 3 is 2.44 bits per heavy atom. The number of benzene rings is 2. The van der Waals surface area contributed by atoms with Crippen LogP contribution in [0.15, 0.2) is 66.0 Å². The van der Waals surface area contributed by atoms with Crippen LogP contribution in [-0.4, -0.2) is 12.5 Å². The van der Waals surface area contributed by atoms with Crippen LogP contribution < -0.4 is 10.6 Å². The Labute approximate surface area is 165 Å². The summed E-state index contributed by atoms with van der Waals surface area (Å²) in [5, 5.41) is 7.33. The lowest BCUT2D eigenvalue weighted by atomic mass is 10.0. The van der Waals surface area contributed by atoms with Crippen LogP contribution in [0.3, 0.4) is 0 Å². The number of nitrogens with one attached hydrogen (secondary N) is 1. The largest absolute Gasteiger partial charge is 0.345 e. The maximum atomic E-state index is 12.5. The average molecular weight is 380 g/mol. The Morgan fingerprint density at radius 2 is 1.78 bits per heavy atom. The molecule has 0 aliphatic heterocycles. The summed E-state index contributed by atoms with van der Waals surface area (Å²) in [6.45, 7) is 6.64. The van der Waals surface area contributed by atoms with Crippen molar-refractivity contribution >= 4 is 17.2 Å². The molecule has 0 aliphatic rings. The molecule has 1 amide bonds. The third-order valence-corrected chi connectivity index (χ3v) is 5.91. The van der Waals surface area contributed by atoms with Gasteiger partial charge in [-0.3, -0.25) is 4.79 Å². The monoisotopic (exact) mass is 379 g/mol. The van der Waals surface area contributed by atoms with E-state index >= 15 is 0 Å². The molecule has 3 N–H and O–H groups in total. The standard InChI is InChI=1S/C23H26N2OS/c1-16-11-12-20(14-17(16)2)18(3)25-22(26)15-24-23(21-10-7-13-27-21)19-8-5-4-6-9-19/h4-14,18,23-24H,15H2,1-3H3,(H,25,26)/p+1/t18-,23+/m1/s1. The lowest BCUT2D eigenvalue weighted by molar-refractivity contribution is -0.676. The molecule has 0 radical (unpaired) electrons. The van der Waals surface area contributed by atoms with Crippen molar-refractivity contribution in [1.29, 1.82) is 0 Å². The van der Waals surface area contributed by atoms with Gasteiger partial charge in [0.1, 0.15) is 6.04 Å². The molecule has 0 saturated heterocycles. The predicted octanol–water partition coefficient (Wildman–Crippen LogP) is 3.90. The predicted molar refractivity (Wildman–Crippen MR) is 112 cm³/mol. The van der Waals surface area contributed by atoms with E-state index in [-0.39, 0.29) is 18.0 Å². The smallest absolute Gasteiger partial charge is 0.275 e. The maximum absolute atomic E-state index is 12.5. The minimum Gasteiger partial charge on any atom is -0.345 e. The minimum absolute atomic E-state index is 0.00196. The van der Waals surface area contributed by atoms with E-state index in [1.165, 1.54) is 21.6 Å². The molecular weight excluding hydrogens is 352 g/mol. The highest BCUT2D eigenvalue weighted by atomic mass is 32.1. The van der Waals surface area contributed by atoms with Crippen LogP contribution in [0.4, 0.5) is 0 Å². The molecule has 0 saturated carbocycles. The van der Waals surface area contributed by atoms with E-state index in [2.05, 4.69) is 72.3 Å². The fraction of sp³-hybridized carbons (Fsp3) is 0.261. The molecule has 0 spiro atoms. The molecule has 2 atom stereocenters. The summed E-state index contributed by atoms with van der Waals surface area (Å²) in [4.78, 5) is 13.8. The van der Waals surface area contributed by atoms with E-state index in [0.29, 0.717) is 6.54 Å². The number of amides is 1. The first-order valence-electron chi connectivity index (χ1n) is 9.33. The van der Waals surface area contributed by atoms with Gasteiger partial charge in [0.25, 0.3) is 5.91 Å². The molecule has 0 fully saturated rings. The summed E-state index contributed by atoms with van der Waals surface area (Å²) < 4.78 is 0. The van der Waals surface area contributed by atoms with Gasteiger partial charge < -0.3 is 10.6 Å². The van der Waals surface area contributed by atoms with Gasteiger partial charge in [-0.1, -0.05) is 54.6 Å². The Morgan fingerprint density at radius 1 is 1.00 bits per heavy atom. The van der Waals surface area contributed by atoms with E-state index in [0.717, 1.165) is 5.56 Å². The van der Waals surface area contributed by atoms with E-state index in [4.69, 9.17) is 0 Å². The summed E-state index contributed by atoms with van der Waals surface area (Å²) >= 11 is 1.73. The van der Waals surface area contributed by atoms with Crippen LogP contribution >= 0.6 is 11.3 Å². The molecule has 27 heavy (non-hydrogen) atoms. The van der Waals surface area contributed by atoms with Gasteiger partial charge in [0.05, 0.1) is 10.9 Å². The van der Waals surface area contributed by atoms with Crippen molar-refractivity contribution in [2.45, 2.75) is 32.9 Å². The summed E-state index contributed by atoms with van der Waals surface area (Å²) in [6.07, 6.45) is 0. The summed E-state index contributed by atoms with van der Waals surface area (Å²) in [5.74, 6) is 0.0539. The molecule has 4 heteroatoms. The van der Waals surface area contributed by atoms with Gasteiger partial charge in [-0.25, -0.2) is 0 Å². The lowest BCUT2D eigenvalue weighted by Gasteiger charge is -2.18. The van der Waals surface area contributed by atoms with E-state index < -0.39 is 0 Å². The van der Waals surface area contributed by atoms with Crippen molar-refractivity contribution in [2.24, 2.45) is 0 Å². The molecule has 3 nitrogen and oxygen atoms in total. The van der Waals surface area contributed by atoms with Gasteiger partial charge in [-0.05, 0) is 48.9 Å². The van der Waals surface area contributed by atoms with E-state index in [9.17, 15) is 4.79 Å². The summed E-state index contributed by atoms with van der Waals surface area (Å²) in [5.41, 5.74) is 4.88. The highest BCUT2D eigenvalue weighted by Gasteiger charge is 2.20. The van der Waals surface area contributed by atoms with Gasteiger partial charge >= 0.3 is 0 Å². The van der Waals surface area contributed by atoms with Crippen LogP contribution in [0.2, 0.25) is 0 Å². The molecule has 0 bridgehead atoms. The van der Waals surface area contributed by atoms with Crippen LogP contribution in [0.1, 0.15) is 46.1 Å². The fourth-order valence-corrected chi connectivity index (χ4v) is 4.04. The molecule has 0 aliphatic carbocycles. The molecule has 1 heterocycles. The molecule has 140 valence electrons. The molecule has 0 unspecified atom stereocenters. The average Bonchev–Trinajstić information content (AvgIpc) is 3.19. The van der Waals surface area contributed by atoms with Crippen molar-refractivity contribution in [3.63, 3.8) is 0 Å². The lowest BCUT2D eigenvalue weighted by Crippen LogP contribution is -2.87. The van der Waals surface area contributed by atoms with Crippen LogP contribution in [0, 0.1) is 13.8 Å². The fourth-order valence-electron chi connectivity index (χ4n) is 3.19. The van der Waals surface area contributed by atoms with E-state index in [1.807, 2.05) is 25.1 Å². The van der Waals surface area contributed by atoms with Crippen molar-refractivity contribution in [2.75, 3.05) is 6.54 Å². The highest BCUT2D eigenvalue weighted by Crippen LogP contribution is 2.22. The molecular formula is C23H27N2OS+. The summed E-state index contributed by atoms with van der Waals surface area (Å²) in [7, 11) is 0. The normalized spacial score (nSPS) is 13.1. The topological polar surface area (TPSA) is 45.7 Å². The Kier molecular flexibility index (Phi) is 6.43. The molecule has 2 aromatic carbocycles. The number of hydrogen-bond acceptors (Lipinski definition) is 2. The zero-order valence-corrected chi connectivity index (χ0v) is 16.9. The number of nitrogens with two attached hydrogens (primary N) is 1. The number of quaternary nitrogens is 1. The van der Waals surface area contributed by atoms with Crippen molar-refractivity contribution in [3.05, 3.63) is 93.2 Å². The Balaban J connectivity index is 1.63. The van der Waals surface area contributed by atoms with Crippen molar-refractivity contribution in [3.8, 4) is 0 Å². The zero-order chi connectivity index (χ0) is 19.2. The number of carbonyl (C=O) groups excluding carboxylic acids is 1. The molecule has 3 rings (SSSR count). The second kappa shape index (κ2) is 8.98. The third kappa shape index (κ3) is 5.06.